The molecule has 17 heavy (non-hydrogen) atoms. The van der Waals surface area contributed by atoms with Gasteiger partial charge in [-0.1, -0.05) is 42.0 Å². The summed E-state index contributed by atoms with van der Waals surface area (Å²) in [5.74, 6) is 0. The number of hydrogen-bond donors (Lipinski definition) is 0. The van der Waals surface area contributed by atoms with Gasteiger partial charge in [-0.25, -0.2) is 0 Å². The second-order valence-corrected chi connectivity index (χ2v) is 5.17. The molecule has 0 heterocycles. The van der Waals surface area contributed by atoms with E-state index < -0.39 is 0 Å². The summed E-state index contributed by atoms with van der Waals surface area (Å²) < 4.78 is 0. The minimum atomic E-state index is 0.0846. The van der Waals surface area contributed by atoms with E-state index in [9.17, 15) is 4.79 Å². The fourth-order valence-corrected chi connectivity index (χ4v) is 2.61. The summed E-state index contributed by atoms with van der Waals surface area (Å²) in [5.41, 5.74) is 1.03. The molecule has 0 N–H and O–H groups in total. The van der Waals surface area contributed by atoms with Crippen LogP contribution in [-0.2, 0) is 4.79 Å². The first-order valence-corrected chi connectivity index (χ1v) is 6.33. The summed E-state index contributed by atoms with van der Waals surface area (Å²) in [4.78, 5) is 12.8. The van der Waals surface area contributed by atoms with Crippen LogP contribution < -0.4 is 0 Å². The number of benzene rings is 2. The van der Waals surface area contributed by atoms with Crippen molar-refractivity contribution >= 4 is 27.6 Å². The van der Waals surface area contributed by atoms with E-state index in [1.54, 1.807) is 6.08 Å². The van der Waals surface area contributed by atoms with Gasteiger partial charge < -0.3 is 0 Å². The molecule has 2 aromatic rings. The van der Waals surface area contributed by atoms with Crippen LogP contribution in [0.2, 0.25) is 0 Å². The zero-order chi connectivity index (χ0) is 12.3. The molecule has 0 aliphatic carbocycles. The fraction of sp³-hybridized carbons (Fsp3) is 0.133. The molecule has 0 radical (unpaired) electrons. The van der Waals surface area contributed by atoms with Crippen LogP contribution in [0.1, 0.15) is 13.8 Å². The van der Waals surface area contributed by atoms with E-state index in [0.29, 0.717) is 0 Å². The number of fused-ring (bicyclic) bond motifs is 1. The summed E-state index contributed by atoms with van der Waals surface area (Å²) in [5, 5.41) is 2.39. The molecule has 0 atom stereocenters. The zero-order valence-corrected chi connectivity index (χ0v) is 10.8. The molecule has 0 unspecified atom stereocenters. The fourth-order valence-electron chi connectivity index (χ4n) is 1.66. The smallest absolute Gasteiger partial charge is 0.216 e. The molecular formula is C15H14OS. The van der Waals surface area contributed by atoms with Crippen LogP contribution in [0.3, 0.4) is 0 Å². The predicted molar refractivity (Wildman–Crippen MR) is 74.2 cm³/mol. The van der Waals surface area contributed by atoms with E-state index >= 15 is 0 Å². The first-order valence-electron chi connectivity index (χ1n) is 5.51. The molecular weight excluding hydrogens is 228 g/mol. The monoisotopic (exact) mass is 242 g/mol. The van der Waals surface area contributed by atoms with Gasteiger partial charge >= 0.3 is 0 Å². The van der Waals surface area contributed by atoms with Crippen LogP contribution in [0.4, 0.5) is 0 Å². The lowest BCUT2D eigenvalue weighted by Crippen LogP contribution is -1.87. The van der Waals surface area contributed by atoms with Crippen molar-refractivity contribution in [2.75, 3.05) is 0 Å². The van der Waals surface area contributed by atoms with Gasteiger partial charge in [0.15, 0.2) is 0 Å². The molecule has 0 saturated carbocycles. The topological polar surface area (TPSA) is 17.1 Å². The Balaban J connectivity index is 2.36. The van der Waals surface area contributed by atoms with Crippen LogP contribution in [0.5, 0.6) is 0 Å². The third-order valence-corrected chi connectivity index (χ3v) is 3.26. The number of hydrogen-bond acceptors (Lipinski definition) is 2. The van der Waals surface area contributed by atoms with Crippen molar-refractivity contribution in [3.63, 3.8) is 0 Å². The van der Waals surface area contributed by atoms with Crippen molar-refractivity contribution in [3.8, 4) is 0 Å². The maximum absolute atomic E-state index is 11.8. The second kappa shape index (κ2) is 5.19. The normalized spacial score (nSPS) is 10.2. The van der Waals surface area contributed by atoms with Gasteiger partial charge in [-0.05, 0) is 48.5 Å². The molecule has 0 fully saturated rings. The standard InChI is InChI=1S/C15H14OS/c1-11(2)10-15(16)17-14-9-5-7-12-6-3-4-8-13(12)14/h3-10H,1-2H3. The summed E-state index contributed by atoms with van der Waals surface area (Å²) in [7, 11) is 0. The average Bonchev–Trinajstić information content (AvgIpc) is 2.28. The van der Waals surface area contributed by atoms with E-state index in [4.69, 9.17) is 0 Å². The van der Waals surface area contributed by atoms with E-state index in [-0.39, 0.29) is 5.12 Å². The Hall–Kier alpha value is -1.54. The Morgan fingerprint density at radius 2 is 1.76 bits per heavy atom. The van der Waals surface area contributed by atoms with Crippen molar-refractivity contribution in [2.24, 2.45) is 0 Å². The largest absolute Gasteiger partial charge is 0.282 e. The number of carbonyl (C=O) groups excluding carboxylic acids is 1. The minimum Gasteiger partial charge on any atom is -0.282 e. The SMILES string of the molecule is CC(C)=CC(=O)Sc1cccc2ccccc12. The molecule has 2 rings (SSSR count). The highest BCUT2D eigenvalue weighted by Crippen LogP contribution is 2.28. The maximum Gasteiger partial charge on any atom is 0.216 e. The quantitative estimate of drug-likeness (QED) is 0.572. The van der Waals surface area contributed by atoms with Crippen LogP contribution in [0, 0.1) is 0 Å². The highest BCUT2D eigenvalue weighted by molar-refractivity contribution is 8.14. The molecule has 86 valence electrons. The van der Waals surface area contributed by atoms with E-state index in [2.05, 4.69) is 12.1 Å². The molecule has 0 aliphatic heterocycles. The van der Waals surface area contributed by atoms with Crippen LogP contribution in [-0.4, -0.2) is 5.12 Å². The van der Waals surface area contributed by atoms with Gasteiger partial charge in [0, 0.05) is 4.90 Å². The molecule has 2 heteroatoms. The molecule has 0 amide bonds. The van der Waals surface area contributed by atoms with Gasteiger partial charge in [-0.3, -0.25) is 4.79 Å². The van der Waals surface area contributed by atoms with Gasteiger partial charge in [0.05, 0.1) is 0 Å². The molecule has 1 nitrogen and oxygen atoms in total. The van der Waals surface area contributed by atoms with E-state index in [1.165, 1.54) is 17.1 Å². The summed E-state index contributed by atoms with van der Waals surface area (Å²) in [6.07, 6.45) is 1.67. The first kappa shape index (κ1) is 11.9. The number of carbonyl (C=O) groups is 1. The Morgan fingerprint density at radius 1 is 1.06 bits per heavy atom. The third kappa shape index (κ3) is 2.98. The number of allylic oxidation sites excluding steroid dienone is 1. The Morgan fingerprint density at radius 3 is 2.53 bits per heavy atom. The Kier molecular flexibility index (Phi) is 3.64. The first-order chi connectivity index (χ1) is 8.16. The zero-order valence-electron chi connectivity index (χ0n) is 9.94. The lowest BCUT2D eigenvalue weighted by molar-refractivity contribution is -0.107. The number of thioether (sulfide) groups is 1. The van der Waals surface area contributed by atoms with Crippen molar-refractivity contribution in [3.05, 3.63) is 54.1 Å². The van der Waals surface area contributed by atoms with E-state index in [0.717, 1.165) is 15.9 Å². The lowest BCUT2D eigenvalue weighted by Gasteiger charge is -2.03. The minimum absolute atomic E-state index is 0.0846. The predicted octanol–water partition coefficient (Wildman–Crippen LogP) is 4.42. The highest BCUT2D eigenvalue weighted by atomic mass is 32.2. The molecule has 0 bridgehead atoms. The molecule has 2 aromatic carbocycles. The lowest BCUT2D eigenvalue weighted by atomic mass is 10.1. The molecule has 0 aromatic heterocycles. The van der Waals surface area contributed by atoms with Crippen molar-refractivity contribution < 1.29 is 4.79 Å². The second-order valence-electron chi connectivity index (χ2n) is 4.12. The summed E-state index contributed by atoms with van der Waals surface area (Å²) in [6, 6.07) is 14.2. The van der Waals surface area contributed by atoms with Crippen molar-refractivity contribution in [1.29, 1.82) is 0 Å². The van der Waals surface area contributed by atoms with Crippen molar-refractivity contribution in [2.45, 2.75) is 18.7 Å². The Bertz CT molecular complexity index is 575. The number of rotatable bonds is 2. The van der Waals surface area contributed by atoms with Gasteiger partial charge in [0.2, 0.25) is 5.12 Å². The summed E-state index contributed by atoms with van der Waals surface area (Å²) in [6.45, 7) is 3.86. The van der Waals surface area contributed by atoms with Crippen LogP contribution in [0.15, 0.2) is 59.0 Å². The van der Waals surface area contributed by atoms with E-state index in [1.807, 2.05) is 44.2 Å². The summed E-state index contributed by atoms with van der Waals surface area (Å²) >= 11 is 1.29. The molecule has 0 spiro atoms. The average molecular weight is 242 g/mol. The van der Waals surface area contributed by atoms with Crippen LogP contribution >= 0.6 is 11.8 Å². The molecule has 0 saturated heterocycles. The van der Waals surface area contributed by atoms with Gasteiger partial charge in [-0.2, -0.15) is 0 Å². The van der Waals surface area contributed by atoms with Gasteiger partial charge in [0.1, 0.15) is 0 Å². The third-order valence-electron chi connectivity index (χ3n) is 2.37. The van der Waals surface area contributed by atoms with Crippen molar-refractivity contribution in [1.82, 2.24) is 0 Å². The van der Waals surface area contributed by atoms with Gasteiger partial charge in [-0.15, -0.1) is 0 Å². The molecule has 0 aliphatic rings. The van der Waals surface area contributed by atoms with Gasteiger partial charge in [0.25, 0.3) is 0 Å². The maximum atomic E-state index is 11.8. The highest BCUT2D eigenvalue weighted by Gasteiger charge is 2.05. The Labute approximate surface area is 106 Å². The van der Waals surface area contributed by atoms with Crippen LogP contribution in [0.25, 0.3) is 10.8 Å².